The smallest absolute Gasteiger partial charge is 0.161 e. The lowest BCUT2D eigenvalue weighted by Crippen LogP contribution is -1.96. The summed E-state index contributed by atoms with van der Waals surface area (Å²) in [7, 11) is 0. The third-order valence-corrected chi connectivity index (χ3v) is 7.66. The second-order valence-corrected chi connectivity index (χ2v) is 9.72. The minimum Gasteiger partial charge on any atom is -0.228 e. The molecule has 0 bridgehead atoms. The highest BCUT2D eigenvalue weighted by Crippen LogP contribution is 2.38. The van der Waals surface area contributed by atoms with Crippen LogP contribution in [0.2, 0.25) is 0 Å². The van der Waals surface area contributed by atoms with E-state index in [4.69, 9.17) is 9.97 Å². The molecule has 0 fully saturated rings. The molecule has 0 amide bonds. The second kappa shape index (κ2) is 8.15. The number of fused-ring (bicyclic) bond motifs is 4. The number of aromatic nitrogens is 2. The van der Waals surface area contributed by atoms with Crippen LogP contribution in [0.15, 0.2) is 121 Å². The lowest BCUT2D eigenvalue weighted by atomic mass is 9.98. The fourth-order valence-corrected chi connectivity index (χ4v) is 5.92. The predicted molar refractivity (Wildman–Crippen MR) is 149 cm³/mol. The Morgan fingerprint density at radius 1 is 0.457 bits per heavy atom. The average Bonchev–Trinajstić information content (AvgIpc) is 3.31. The summed E-state index contributed by atoms with van der Waals surface area (Å²) in [6, 6.07) is 42.5. The summed E-state index contributed by atoms with van der Waals surface area (Å²) in [4.78, 5) is 10.2. The third-order valence-electron chi connectivity index (χ3n) is 6.51. The summed E-state index contributed by atoms with van der Waals surface area (Å²) in [6.45, 7) is 0. The number of hydrogen-bond donors (Lipinski definition) is 0. The molecular formula is C32H20N2S. The van der Waals surface area contributed by atoms with E-state index < -0.39 is 0 Å². The number of benzene rings is 5. The summed E-state index contributed by atoms with van der Waals surface area (Å²) in [6.07, 6.45) is 0. The highest BCUT2D eigenvalue weighted by Gasteiger charge is 2.15. The molecule has 0 saturated carbocycles. The van der Waals surface area contributed by atoms with E-state index in [-0.39, 0.29) is 0 Å². The number of nitrogens with zero attached hydrogens (tertiary/aromatic N) is 2. The Morgan fingerprint density at radius 2 is 1.14 bits per heavy atom. The Morgan fingerprint density at radius 3 is 2.03 bits per heavy atom. The quantitative estimate of drug-likeness (QED) is 0.261. The fraction of sp³-hybridized carbons (Fsp3) is 0. The van der Waals surface area contributed by atoms with Gasteiger partial charge in [-0.25, -0.2) is 9.97 Å². The van der Waals surface area contributed by atoms with Crippen molar-refractivity contribution in [1.29, 1.82) is 0 Å². The van der Waals surface area contributed by atoms with Gasteiger partial charge in [0.2, 0.25) is 0 Å². The molecule has 0 N–H and O–H groups in total. The summed E-state index contributed by atoms with van der Waals surface area (Å²) in [5.41, 5.74) is 6.35. The van der Waals surface area contributed by atoms with Crippen molar-refractivity contribution in [2.24, 2.45) is 0 Å². The maximum atomic E-state index is 5.19. The second-order valence-electron chi connectivity index (χ2n) is 8.63. The van der Waals surface area contributed by atoms with Crippen molar-refractivity contribution >= 4 is 42.4 Å². The van der Waals surface area contributed by atoms with Gasteiger partial charge in [-0.1, -0.05) is 97.1 Å². The zero-order chi connectivity index (χ0) is 23.2. The van der Waals surface area contributed by atoms with Gasteiger partial charge in [0.05, 0.1) is 11.2 Å². The number of rotatable bonds is 3. The molecule has 0 spiro atoms. The number of hydrogen-bond acceptors (Lipinski definition) is 3. The average molecular weight is 465 g/mol. The maximum Gasteiger partial charge on any atom is 0.161 e. The first kappa shape index (κ1) is 20.1. The van der Waals surface area contributed by atoms with E-state index in [0.29, 0.717) is 0 Å². The molecule has 0 aliphatic carbocycles. The summed E-state index contributed by atoms with van der Waals surface area (Å²) >= 11 is 1.84. The van der Waals surface area contributed by atoms with Crippen molar-refractivity contribution in [1.82, 2.24) is 9.97 Å². The molecule has 5 aromatic carbocycles. The molecule has 3 heteroatoms. The summed E-state index contributed by atoms with van der Waals surface area (Å²) in [5, 5.41) is 3.63. The molecule has 2 nitrogen and oxygen atoms in total. The minimum atomic E-state index is 0.744. The largest absolute Gasteiger partial charge is 0.228 e. The van der Waals surface area contributed by atoms with Crippen molar-refractivity contribution in [3.05, 3.63) is 121 Å². The van der Waals surface area contributed by atoms with Gasteiger partial charge in [0.15, 0.2) is 5.82 Å². The first-order valence-corrected chi connectivity index (χ1v) is 12.5. The van der Waals surface area contributed by atoms with Gasteiger partial charge in [-0.05, 0) is 35.4 Å². The lowest BCUT2D eigenvalue weighted by molar-refractivity contribution is 1.23. The van der Waals surface area contributed by atoms with Crippen LogP contribution in [0.1, 0.15) is 0 Å². The van der Waals surface area contributed by atoms with Crippen LogP contribution in [0.3, 0.4) is 0 Å². The molecule has 2 heterocycles. The van der Waals surface area contributed by atoms with Crippen LogP contribution in [-0.4, -0.2) is 9.97 Å². The Kier molecular flexibility index (Phi) is 4.68. The molecule has 2 aromatic heterocycles. The minimum absolute atomic E-state index is 0.744. The number of para-hydroxylation sites is 1. The first-order valence-electron chi connectivity index (χ1n) is 11.7. The van der Waals surface area contributed by atoms with Crippen LogP contribution in [0.25, 0.3) is 64.8 Å². The molecule has 0 atom stereocenters. The van der Waals surface area contributed by atoms with Gasteiger partial charge < -0.3 is 0 Å². The Labute approximate surface area is 207 Å². The van der Waals surface area contributed by atoms with Crippen LogP contribution in [0.4, 0.5) is 0 Å². The Hall–Kier alpha value is -4.34. The van der Waals surface area contributed by atoms with Crippen molar-refractivity contribution in [2.45, 2.75) is 0 Å². The molecular weight excluding hydrogens is 444 g/mol. The molecule has 0 aliphatic rings. The molecule has 35 heavy (non-hydrogen) atoms. The van der Waals surface area contributed by atoms with Gasteiger partial charge in [0.25, 0.3) is 0 Å². The molecule has 0 unspecified atom stereocenters. The highest BCUT2D eigenvalue weighted by atomic mass is 32.1. The highest BCUT2D eigenvalue weighted by molar-refractivity contribution is 7.25. The predicted octanol–water partition coefficient (Wildman–Crippen LogP) is 9.00. The van der Waals surface area contributed by atoms with E-state index in [1.165, 1.54) is 20.2 Å². The van der Waals surface area contributed by atoms with E-state index in [9.17, 15) is 0 Å². The van der Waals surface area contributed by atoms with Gasteiger partial charge in [-0.2, -0.15) is 0 Å². The SMILES string of the molecule is c1ccc(-c2ccccc2-c2nc(-c3ccc4sc5ccccc5c4c3)c3ccccc3n2)cc1. The van der Waals surface area contributed by atoms with Crippen LogP contribution < -0.4 is 0 Å². The van der Waals surface area contributed by atoms with Crippen LogP contribution in [0, 0.1) is 0 Å². The monoisotopic (exact) mass is 464 g/mol. The van der Waals surface area contributed by atoms with Crippen LogP contribution >= 0.6 is 11.3 Å². The molecule has 0 saturated heterocycles. The molecule has 0 aliphatic heterocycles. The topological polar surface area (TPSA) is 25.8 Å². The zero-order valence-electron chi connectivity index (χ0n) is 18.8. The Balaban J connectivity index is 1.49. The van der Waals surface area contributed by atoms with Gasteiger partial charge in [0.1, 0.15) is 0 Å². The van der Waals surface area contributed by atoms with Crippen molar-refractivity contribution in [3.63, 3.8) is 0 Å². The Bertz CT molecular complexity index is 1850. The van der Waals surface area contributed by atoms with Gasteiger partial charge in [-0.3, -0.25) is 0 Å². The van der Waals surface area contributed by atoms with Gasteiger partial charge in [0, 0.05) is 36.7 Å². The normalized spacial score (nSPS) is 11.4. The molecule has 7 rings (SSSR count). The van der Waals surface area contributed by atoms with Gasteiger partial charge >= 0.3 is 0 Å². The first-order chi connectivity index (χ1) is 17.3. The molecule has 7 aromatic rings. The van der Waals surface area contributed by atoms with E-state index >= 15 is 0 Å². The maximum absolute atomic E-state index is 5.19. The van der Waals surface area contributed by atoms with E-state index in [1.807, 2.05) is 23.5 Å². The van der Waals surface area contributed by atoms with E-state index in [2.05, 4.69) is 109 Å². The van der Waals surface area contributed by atoms with Crippen molar-refractivity contribution < 1.29 is 0 Å². The van der Waals surface area contributed by atoms with Crippen LogP contribution in [0.5, 0.6) is 0 Å². The standard InChI is InChI=1S/C32H20N2S/c1-2-10-21(11-3-1)23-12-4-5-14-25(23)32-33-28-16-8-6-15-26(28)31(34-32)22-18-19-30-27(20-22)24-13-7-9-17-29(24)35-30/h1-20H. The number of thiophene rings is 1. The summed E-state index contributed by atoms with van der Waals surface area (Å²) < 4.78 is 2.60. The molecule has 164 valence electrons. The van der Waals surface area contributed by atoms with E-state index in [0.717, 1.165) is 44.7 Å². The van der Waals surface area contributed by atoms with Crippen molar-refractivity contribution in [2.75, 3.05) is 0 Å². The van der Waals surface area contributed by atoms with Crippen molar-refractivity contribution in [3.8, 4) is 33.8 Å². The molecule has 0 radical (unpaired) electrons. The van der Waals surface area contributed by atoms with E-state index in [1.54, 1.807) is 0 Å². The fourth-order valence-electron chi connectivity index (χ4n) is 4.84. The lowest BCUT2D eigenvalue weighted by Gasteiger charge is -2.13. The van der Waals surface area contributed by atoms with Gasteiger partial charge in [-0.15, -0.1) is 11.3 Å². The summed E-state index contributed by atoms with van der Waals surface area (Å²) in [5.74, 6) is 0.744. The van der Waals surface area contributed by atoms with Crippen LogP contribution in [-0.2, 0) is 0 Å². The zero-order valence-corrected chi connectivity index (χ0v) is 19.7. The third kappa shape index (κ3) is 3.40.